The summed E-state index contributed by atoms with van der Waals surface area (Å²) in [5, 5.41) is 9.74. The minimum atomic E-state index is -0.779. The van der Waals surface area contributed by atoms with Crippen LogP contribution in [0.4, 0.5) is 0 Å². The lowest BCUT2D eigenvalue weighted by Gasteiger charge is -2.14. The molecule has 0 fully saturated rings. The smallest absolute Gasteiger partial charge is 0.314 e. The molecule has 0 aromatic rings. The Morgan fingerprint density at radius 1 is 1.69 bits per heavy atom. The lowest BCUT2D eigenvalue weighted by atomic mass is 9.99. The Labute approximate surface area is 94.0 Å². The highest BCUT2D eigenvalue weighted by molar-refractivity contribution is 9.10. The van der Waals surface area contributed by atoms with Crippen LogP contribution in [0.15, 0.2) is 23.8 Å². The van der Waals surface area contributed by atoms with Gasteiger partial charge in [0.05, 0.1) is 5.92 Å². The highest BCUT2D eigenvalue weighted by Gasteiger charge is 2.26. The van der Waals surface area contributed by atoms with Crippen LogP contribution in [0, 0.1) is 5.92 Å². The van der Waals surface area contributed by atoms with E-state index in [0.29, 0.717) is 0 Å². The number of aliphatic carboxylic acids is 1. The average molecular weight is 310 g/mol. The van der Waals surface area contributed by atoms with Gasteiger partial charge in [-0.15, -0.1) is 0 Å². The summed E-state index contributed by atoms with van der Waals surface area (Å²) in [4.78, 5) is 11.0. The molecular formula is C9H10Br2O2. The summed E-state index contributed by atoms with van der Waals surface area (Å²) in [5.74, 6) is -1.22. The fraction of sp³-hybridized carbons (Fsp3) is 0.444. The Morgan fingerprint density at radius 2 is 2.38 bits per heavy atom. The zero-order valence-electron chi connectivity index (χ0n) is 6.91. The Morgan fingerprint density at radius 3 is 2.92 bits per heavy atom. The van der Waals surface area contributed by atoms with Gasteiger partial charge in [-0.1, -0.05) is 50.1 Å². The van der Waals surface area contributed by atoms with Crippen molar-refractivity contribution in [2.75, 3.05) is 5.33 Å². The molecule has 1 aliphatic carbocycles. The van der Waals surface area contributed by atoms with Crippen molar-refractivity contribution < 1.29 is 9.90 Å². The largest absolute Gasteiger partial charge is 0.481 e. The summed E-state index contributed by atoms with van der Waals surface area (Å²) in [6, 6.07) is 0. The second kappa shape index (κ2) is 4.96. The Kier molecular flexibility index (Phi) is 4.19. The van der Waals surface area contributed by atoms with Crippen LogP contribution in [0.3, 0.4) is 0 Å². The van der Waals surface area contributed by atoms with E-state index in [1.165, 1.54) is 0 Å². The lowest BCUT2D eigenvalue weighted by Crippen LogP contribution is -2.18. The first-order valence-electron chi connectivity index (χ1n) is 3.98. The standard InChI is InChI=1S/C9H10Br2O2/c10-5-4-8(11)6-2-1-3-7(6)9(12)13/h1-3,7-8H,4-5H2,(H,12,13). The third-order valence-corrected chi connectivity index (χ3v) is 3.39. The van der Waals surface area contributed by atoms with E-state index in [4.69, 9.17) is 5.11 Å². The molecule has 0 saturated heterocycles. The summed E-state index contributed by atoms with van der Waals surface area (Å²) < 4.78 is 0. The number of allylic oxidation sites excluding steroid dienone is 2. The van der Waals surface area contributed by atoms with Crippen molar-refractivity contribution in [3.8, 4) is 0 Å². The molecule has 0 spiro atoms. The minimum Gasteiger partial charge on any atom is -0.481 e. The molecule has 0 bridgehead atoms. The number of carbonyl (C=O) groups is 1. The van der Waals surface area contributed by atoms with Gasteiger partial charge in [0.2, 0.25) is 0 Å². The number of carboxylic acid groups (broad SMARTS) is 1. The van der Waals surface area contributed by atoms with Crippen LogP contribution in [0.25, 0.3) is 0 Å². The molecule has 13 heavy (non-hydrogen) atoms. The number of halogens is 2. The molecule has 0 aliphatic heterocycles. The molecule has 2 unspecified atom stereocenters. The van der Waals surface area contributed by atoms with Crippen LogP contribution < -0.4 is 0 Å². The van der Waals surface area contributed by atoms with Gasteiger partial charge in [0, 0.05) is 10.2 Å². The lowest BCUT2D eigenvalue weighted by molar-refractivity contribution is -0.138. The summed E-state index contributed by atoms with van der Waals surface area (Å²) in [5.41, 5.74) is 0.937. The number of hydrogen-bond acceptors (Lipinski definition) is 1. The van der Waals surface area contributed by atoms with Gasteiger partial charge in [-0.3, -0.25) is 4.79 Å². The highest BCUT2D eigenvalue weighted by Crippen LogP contribution is 2.29. The second-order valence-electron chi connectivity index (χ2n) is 2.81. The van der Waals surface area contributed by atoms with Crippen LogP contribution in [-0.4, -0.2) is 21.2 Å². The molecule has 4 heteroatoms. The highest BCUT2D eigenvalue weighted by atomic mass is 79.9. The van der Waals surface area contributed by atoms with Crippen LogP contribution in [-0.2, 0) is 4.79 Å². The molecule has 0 amide bonds. The third-order valence-electron chi connectivity index (χ3n) is 1.94. The summed E-state index contributed by atoms with van der Waals surface area (Å²) in [6.45, 7) is 0. The summed E-state index contributed by atoms with van der Waals surface area (Å²) in [7, 11) is 0. The van der Waals surface area contributed by atoms with E-state index in [1.54, 1.807) is 12.2 Å². The van der Waals surface area contributed by atoms with Crippen LogP contribution in [0.1, 0.15) is 6.42 Å². The molecule has 2 nitrogen and oxygen atoms in total. The Hall–Kier alpha value is -0.0900. The fourth-order valence-corrected chi connectivity index (χ4v) is 3.02. The maximum Gasteiger partial charge on any atom is 0.314 e. The van der Waals surface area contributed by atoms with Crippen LogP contribution in [0.5, 0.6) is 0 Å². The van der Waals surface area contributed by atoms with Gasteiger partial charge in [0.25, 0.3) is 0 Å². The van der Waals surface area contributed by atoms with Crippen molar-refractivity contribution >= 4 is 37.8 Å². The monoisotopic (exact) mass is 308 g/mol. The number of alkyl halides is 2. The summed E-state index contributed by atoms with van der Waals surface area (Å²) >= 11 is 6.80. The van der Waals surface area contributed by atoms with Crippen molar-refractivity contribution in [3.63, 3.8) is 0 Å². The van der Waals surface area contributed by atoms with E-state index in [9.17, 15) is 4.79 Å². The SMILES string of the molecule is O=C(O)C1C=CC=C1C(Br)CCBr. The quantitative estimate of drug-likeness (QED) is 0.811. The molecule has 1 N–H and O–H groups in total. The average Bonchev–Trinajstić information content (AvgIpc) is 2.52. The molecular weight excluding hydrogens is 300 g/mol. The summed E-state index contributed by atoms with van der Waals surface area (Å²) in [6.07, 6.45) is 6.29. The van der Waals surface area contributed by atoms with E-state index in [1.807, 2.05) is 6.08 Å². The first-order chi connectivity index (χ1) is 6.16. The topological polar surface area (TPSA) is 37.3 Å². The molecule has 0 saturated carbocycles. The van der Waals surface area contributed by atoms with Gasteiger partial charge in [-0.25, -0.2) is 0 Å². The second-order valence-corrected chi connectivity index (χ2v) is 4.71. The molecule has 1 aliphatic rings. The zero-order chi connectivity index (χ0) is 9.84. The van der Waals surface area contributed by atoms with Gasteiger partial charge in [0.1, 0.15) is 0 Å². The van der Waals surface area contributed by atoms with Gasteiger partial charge >= 0.3 is 5.97 Å². The number of carboxylic acids is 1. The van der Waals surface area contributed by atoms with E-state index in [2.05, 4.69) is 31.9 Å². The predicted molar refractivity (Wildman–Crippen MR) is 59.5 cm³/mol. The van der Waals surface area contributed by atoms with E-state index in [0.717, 1.165) is 17.3 Å². The Balaban J connectivity index is 2.65. The maximum absolute atomic E-state index is 10.8. The minimum absolute atomic E-state index is 0.156. The van der Waals surface area contributed by atoms with Gasteiger partial charge in [0.15, 0.2) is 0 Å². The van der Waals surface area contributed by atoms with Crippen molar-refractivity contribution in [1.29, 1.82) is 0 Å². The molecule has 72 valence electrons. The van der Waals surface area contributed by atoms with E-state index in [-0.39, 0.29) is 4.83 Å². The molecule has 1 rings (SSSR count). The van der Waals surface area contributed by atoms with E-state index < -0.39 is 11.9 Å². The zero-order valence-corrected chi connectivity index (χ0v) is 10.1. The van der Waals surface area contributed by atoms with Crippen molar-refractivity contribution in [2.24, 2.45) is 5.92 Å². The Bertz CT molecular complexity index is 258. The third kappa shape index (κ3) is 2.68. The first kappa shape index (κ1) is 11.0. The number of hydrogen-bond donors (Lipinski definition) is 1. The molecule has 0 heterocycles. The van der Waals surface area contributed by atoms with Crippen LogP contribution in [0.2, 0.25) is 0 Å². The first-order valence-corrected chi connectivity index (χ1v) is 6.01. The van der Waals surface area contributed by atoms with Crippen LogP contribution >= 0.6 is 31.9 Å². The molecule has 2 atom stereocenters. The van der Waals surface area contributed by atoms with Gasteiger partial charge < -0.3 is 5.11 Å². The maximum atomic E-state index is 10.8. The normalized spacial score (nSPS) is 22.9. The fourth-order valence-electron chi connectivity index (χ4n) is 1.28. The van der Waals surface area contributed by atoms with Crippen molar-refractivity contribution in [2.45, 2.75) is 11.2 Å². The number of rotatable bonds is 4. The molecule has 0 aromatic carbocycles. The molecule has 0 aromatic heterocycles. The predicted octanol–water partition coefficient (Wildman–Crippen LogP) is 2.73. The van der Waals surface area contributed by atoms with Crippen molar-refractivity contribution in [3.05, 3.63) is 23.8 Å². The van der Waals surface area contributed by atoms with E-state index >= 15 is 0 Å². The van der Waals surface area contributed by atoms with Gasteiger partial charge in [-0.2, -0.15) is 0 Å². The van der Waals surface area contributed by atoms with Gasteiger partial charge in [-0.05, 0) is 12.0 Å². The van der Waals surface area contributed by atoms with Crippen molar-refractivity contribution in [1.82, 2.24) is 0 Å². The molecule has 0 radical (unpaired) electrons.